The molecular weight excluding hydrogens is 202 g/mol. The first-order chi connectivity index (χ1) is 6.65. The molecule has 0 aromatic carbocycles. The number of carbonyl (C=O) groups is 1. The van der Waals surface area contributed by atoms with E-state index in [-0.39, 0.29) is 23.3 Å². The molecule has 1 rings (SSSR count). The summed E-state index contributed by atoms with van der Waals surface area (Å²) in [5.41, 5.74) is 0. The van der Waals surface area contributed by atoms with Crippen LogP contribution in [0, 0.1) is 16.0 Å². The van der Waals surface area contributed by atoms with Crippen LogP contribution in [0.3, 0.4) is 0 Å². The Balaban J connectivity index is 2.82. The summed E-state index contributed by atoms with van der Waals surface area (Å²) in [5.74, 6) is -0.596. The van der Waals surface area contributed by atoms with E-state index in [1.54, 1.807) is 6.92 Å². The minimum atomic E-state index is -0.371. The fourth-order valence-electron chi connectivity index (χ4n) is 1.27. The molecular formula is C9H11NO3S. The van der Waals surface area contributed by atoms with Crippen LogP contribution in [0.25, 0.3) is 0 Å². The van der Waals surface area contributed by atoms with Crippen LogP contribution in [0.4, 0.5) is 0 Å². The summed E-state index contributed by atoms with van der Waals surface area (Å²) in [4.78, 5) is 21.6. The lowest BCUT2D eigenvalue weighted by atomic mass is 9.94. The molecule has 1 heterocycles. The maximum Gasteiger partial charge on any atom is 0.212 e. The number of nitro groups is 1. The lowest BCUT2D eigenvalue weighted by Gasteiger charge is -2.13. The van der Waals surface area contributed by atoms with Crippen LogP contribution in [-0.4, -0.2) is 17.8 Å². The quantitative estimate of drug-likeness (QED) is 0.426. The van der Waals surface area contributed by atoms with Gasteiger partial charge in [0.15, 0.2) is 0 Å². The first-order valence-corrected chi connectivity index (χ1v) is 5.13. The molecule has 0 spiro atoms. The number of rotatable bonds is 5. The highest BCUT2D eigenvalue weighted by Crippen LogP contribution is 2.27. The number of hydrogen-bond donors (Lipinski definition) is 0. The third kappa shape index (κ3) is 2.63. The zero-order valence-electron chi connectivity index (χ0n) is 7.75. The average Bonchev–Trinajstić information content (AvgIpc) is 2.65. The van der Waals surface area contributed by atoms with Crippen molar-refractivity contribution in [1.29, 1.82) is 0 Å². The first-order valence-electron chi connectivity index (χ1n) is 4.25. The van der Waals surface area contributed by atoms with Gasteiger partial charge in [0.2, 0.25) is 6.54 Å². The summed E-state index contributed by atoms with van der Waals surface area (Å²) < 4.78 is 0. The van der Waals surface area contributed by atoms with Crippen molar-refractivity contribution >= 4 is 17.6 Å². The van der Waals surface area contributed by atoms with Gasteiger partial charge in [-0.25, -0.2) is 0 Å². The first kappa shape index (κ1) is 10.8. The van der Waals surface area contributed by atoms with E-state index in [0.717, 1.165) is 11.2 Å². The molecule has 0 aliphatic heterocycles. The monoisotopic (exact) mass is 213 g/mol. The molecule has 0 fully saturated rings. The Hall–Kier alpha value is -1.23. The number of nitrogens with zero attached hydrogens (tertiary/aromatic N) is 1. The van der Waals surface area contributed by atoms with Crippen LogP contribution in [0.1, 0.15) is 17.7 Å². The Morgan fingerprint density at radius 1 is 1.71 bits per heavy atom. The summed E-state index contributed by atoms with van der Waals surface area (Å²) in [7, 11) is 0. The van der Waals surface area contributed by atoms with Gasteiger partial charge in [0, 0.05) is 15.7 Å². The maximum atomic E-state index is 10.6. The van der Waals surface area contributed by atoms with Crippen molar-refractivity contribution in [3.8, 4) is 0 Å². The van der Waals surface area contributed by atoms with Crippen LogP contribution in [-0.2, 0) is 4.79 Å². The number of aldehydes is 1. The van der Waals surface area contributed by atoms with Gasteiger partial charge in [-0.3, -0.25) is 10.1 Å². The molecule has 76 valence electrons. The Morgan fingerprint density at radius 3 is 2.86 bits per heavy atom. The van der Waals surface area contributed by atoms with Crippen molar-refractivity contribution in [2.45, 2.75) is 12.8 Å². The number of thiophene rings is 1. The third-order valence-electron chi connectivity index (χ3n) is 2.10. The van der Waals surface area contributed by atoms with Crippen molar-refractivity contribution < 1.29 is 9.72 Å². The standard InChI is InChI=1S/C9H11NO3S/c1-7(6-11)8(5-10(12)13)9-3-2-4-14-9/h2-4,6-8H,5H2,1H3/t7-,8+/m1/s1. The van der Waals surface area contributed by atoms with Gasteiger partial charge in [-0.2, -0.15) is 0 Å². The molecule has 0 bridgehead atoms. The van der Waals surface area contributed by atoms with Crippen LogP contribution in [0.15, 0.2) is 17.5 Å². The Labute approximate surface area is 85.7 Å². The van der Waals surface area contributed by atoms with Crippen molar-refractivity contribution in [2.24, 2.45) is 5.92 Å². The van der Waals surface area contributed by atoms with Crippen LogP contribution in [0.5, 0.6) is 0 Å². The van der Waals surface area contributed by atoms with Crippen molar-refractivity contribution in [3.05, 3.63) is 32.5 Å². The summed E-state index contributed by atoms with van der Waals surface area (Å²) in [6.45, 7) is 1.53. The van der Waals surface area contributed by atoms with E-state index < -0.39 is 0 Å². The largest absolute Gasteiger partial charge is 0.303 e. The van der Waals surface area contributed by atoms with Crippen molar-refractivity contribution in [2.75, 3.05) is 6.54 Å². The van der Waals surface area contributed by atoms with Crippen LogP contribution < -0.4 is 0 Å². The van der Waals surface area contributed by atoms with E-state index in [1.165, 1.54) is 11.3 Å². The fraction of sp³-hybridized carbons (Fsp3) is 0.444. The van der Waals surface area contributed by atoms with Crippen molar-refractivity contribution in [1.82, 2.24) is 0 Å². The molecule has 1 aromatic heterocycles. The minimum absolute atomic E-state index is 0.180. The third-order valence-corrected chi connectivity index (χ3v) is 3.11. The molecule has 5 heteroatoms. The van der Waals surface area contributed by atoms with Crippen molar-refractivity contribution in [3.63, 3.8) is 0 Å². The molecule has 0 saturated heterocycles. The second-order valence-corrected chi connectivity index (χ2v) is 4.11. The predicted molar refractivity (Wildman–Crippen MR) is 54.1 cm³/mol. The molecule has 0 aliphatic carbocycles. The summed E-state index contributed by atoms with van der Waals surface area (Å²) >= 11 is 1.45. The lowest BCUT2D eigenvalue weighted by Crippen LogP contribution is -2.19. The zero-order valence-corrected chi connectivity index (χ0v) is 8.57. The molecule has 4 nitrogen and oxygen atoms in total. The molecule has 0 N–H and O–H groups in total. The smallest absolute Gasteiger partial charge is 0.212 e. The van der Waals surface area contributed by atoms with Crippen LogP contribution >= 0.6 is 11.3 Å². The second-order valence-electron chi connectivity index (χ2n) is 3.13. The maximum absolute atomic E-state index is 10.6. The summed E-state index contributed by atoms with van der Waals surface area (Å²) in [6, 6.07) is 3.67. The predicted octanol–water partition coefficient (Wildman–Crippen LogP) is 1.94. The number of hydrogen-bond acceptors (Lipinski definition) is 4. The average molecular weight is 213 g/mol. The van der Waals surface area contributed by atoms with E-state index in [9.17, 15) is 14.9 Å². The minimum Gasteiger partial charge on any atom is -0.303 e. The van der Waals surface area contributed by atoms with Gasteiger partial charge < -0.3 is 4.79 Å². The highest BCUT2D eigenvalue weighted by atomic mass is 32.1. The highest BCUT2D eigenvalue weighted by molar-refractivity contribution is 7.10. The molecule has 14 heavy (non-hydrogen) atoms. The topological polar surface area (TPSA) is 60.2 Å². The number of carbonyl (C=O) groups excluding carboxylic acids is 1. The Morgan fingerprint density at radius 2 is 2.43 bits per heavy atom. The van der Waals surface area contributed by atoms with E-state index in [1.807, 2.05) is 17.5 Å². The van der Waals surface area contributed by atoms with E-state index in [4.69, 9.17) is 0 Å². The van der Waals surface area contributed by atoms with E-state index >= 15 is 0 Å². The lowest BCUT2D eigenvalue weighted by molar-refractivity contribution is -0.484. The van der Waals surface area contributed by atoms with Gasteiger partial charge in [-0.05, 0) is 11.4 Å². The van der Waals surface area contributed by atoms with Gasteiger partial charge in [0.05, 0.1) is 5.92 Å². The van der Waals surface area contributed by atoms with Gasteiger partial charge >= 0.3 is 0 Å². The molecule has 1 aromatic rings. The highest BCUT2D eigenvalue weighted by Gasteiger charge is 2.24. The molecule has 0 radical (unpaired) electrons. The van der Waals surface area contributed by atoms with Crippen LogP contribution in [0.2, 0.25) is 0 Å². The fourth-order valence-corrected chi connectivity index (χ4v) is 2.21. The summed E-state index contributed by atoms with van der Waals surface area (Å²) in [5, 5.41) is 12.3. The van der Waals surface area contributed by atoms with Gasteiger partial charge in [-0.1, -0.05) is 13.0 Å². The Kier molecular flexibility index (Phi) is 3.76. The molecule has 0 aliphatic rings. The second kappa shape index (κ2) is 4.85. The summed E-state index contributed by atoms with van der Waals surface area (Å²) in [6.07, 6.45) is 0.772. The van der Waals surface area contributed by atoms with Gasteiger partial charge in [0.25, 0.3) is 0 Å². The SMILES string of the molecule is C[C@H](C=O)[C@H](C[N+](=O)[O-])c1cccs1. The molecule has 0 saturated carbocycles. The molecule has 0 unspecified atom stereocenters. The van der Waals surface area contributed by atoms with Gasteiger partial charge in [0.1, 0.15) is 6.29 Å². The normalized spacial score (nSPS) is 14.6. The van der Waals surface area contributed by atoms with E-state index in [2.05, 4.69) is 0 Å². The van der Waals surface area contributed by atoms with Gasteiger partial charge in [-0.15, -0.1) is 11.3 Å². The van der Waals surface area contributed by atoms with E-state index in [0.29, 0.717) is 0 Å². The molecule has 0 amide bonds. The molecule has 2 atom stereocenters. The Bertz CT molecular complexity index is 310. The zero-order chi connectivity index (χ0) is 10.6.